The van der Waals surface area contributed by atoms with Crippen molar-refractivity contribution in [3.05, 3.63) is 83.7 Å². The van der Waals surface area contributed by atoms with Crippen molar-refractivity contribution >= 4 is 23.3 Å². The SMILES string of the molecule is COC(=O)c1ccccc1NC(=O)c1cncc(NCc2ccc(OC)cc2)c1. The minimum absolute atomic E-state index is 0.282. The van der Waals surface area contributed by atoms with E-state index in [1.807, 2.05) is 24.3 Å². The number of rotatable bonds is 7. The normalized spacial score (nSPS) is 10.1. The molecule has 0 atom stereocenters. The monoisotopic (exact) mass is 391 g/mol. The van der Waals surface area contributed by atoms with E-state index in [0.29, 0.717) is 23.5 Å². The van der Waals surface area contributed by atoms with Gasteiger partial charge < -0.3 is 20.1 Å². The van der Waals surface area contributed by atoms with Crippen LogP contribution in [0.3, 0.4) is 0 Å². The number of nitrogens with zero attached hydrogens (tertiary/aromatic N) is 1. The maximum atomic E-state index is 12.6. The largest absolute Gasteiger partial charge is 0.497 e. The van der Waals surface area contributed by atoms with Gasteiger partial charge in [-0.25, -0.2) is 4.79 Å². The Hall–Kier alpha value is -3.87. The number of para-hydroxylation sites is 1. The summed E-state index contributed by atoms with van der Waals surface area (Å²) in [5.41, 5.74) is 2.79. The lowest BCUT2D eigenvalue weighted by atomic mass is 10.1. The van der Waals surface area contributed by atoms with Crippen molar-refractivity contribution in [2.24, 2.45) is 0 Å². The predicted octanol–water partition coefficient (Wildman–Crippen LogP) is 3.74. The number of hydrogen-bond acceptors (Lipinski definition) is 6. The molecule has 0 aliphatic heterocycles. The number of nitrogens with one attached hydrogen (secondary N) is 2. The van der Waals surface area contributed by atoms with Crippen LogP contribution in [0.15, 0.2) is 67.0 Å². The van der Waals surface area contributed by atoms with Crippen LogP contribution in [-0.2, 0) is 11.3 Å². The molecule has 7 nitrogen and oxygen atoms in total. The first kappa shape index (κ1) is 19.9. The standard InChI is InChI=1S/C22H21N3O4/c1-28-18-9-7-15(8-10-18)12-24-17-11-16(13-23-14-17)21(26)25-20-6-4-3-5-19(20)22(27)29-2/h3-11,13-14,24H,12H2,1-2H3,(H,25,26). The number of benzene rings is 2. The smallest absolute Gasteiger partial charge is 0.339 e. The lowest BCUT2D eigenvalue weighted by molar-refractivity contribution is 0.0602. The zero-order valence-electron chi connectivity index (χ0n) is 16.1. The van der Waals surface area contributed by atoms with Crippen LogP contribution in [0.2, 0.25) is 0 Å². The first-order valence-electron chi connectivity index (χ1n) is 8.91. The minimum atomic E-state index is -0.520. The zero-order valence-corrected chi connectivity index (χ0v) is 16.1. The van der Waals surface area contributed by atoms with Crippen molar-refractivity contribution < 1.29 is 19.1 Å². The summed E-state index contributed by atoms with van der Waals surface area (Å²) in [5.74, 6) is -0.0998. The van der Waals surface area contributed by atoms with Crippen molar-refractivity contribution in [2.45, 2.75) is 6.54 Å². The van der Waals surface area contributed by atoms with Gasteiger partial charge in [-0.1, -0.05) is 24.3 Å². The van der Waals surface area contributed by atoms with Gasteiger partial charge in [-0.05, 0) is 35.9 Å². The van der Waals surface area contributed by atoms with E-state index in [1.54, 1.807) is 43.6 Å². The van der Waals surface area contributed by atoms with Gasteiger partial charge in [0, 0.05) is 18.9 Å². The second-order valence-corrected chi connectivity index (χ2v) is 6.16. The lowest BCUT2D eigenvalue weighted by Gasteiger charge is -2.11. The number of amides is 1. The minimum Gasteiger partial charge on any atom is -0.497 e. The molecule has 0 unspecified atom stereocenters. The summed E-state index contributed by atoms with van der Waals surface area (Å²) in [7, 11) is 2.92. The molecule has 7 heteroatoms. The molecule has 0 aliphatic rings. The average molecular weight is 391 g/mol. The molecule has 148 valence electrons. The van der Waals surface area contributed by atoms with Crippen LogP contribution < -0.4 is 15.4 Å². The van der Waals surface area contributed by atoms with E-state index < -0.39 is 5.97 Å². The van der Waals surface area contributed by atoms with E-state index in [0.717, 1.165) is 11.3 Å². The van der Waals surface area contributed by atoms with E-state index >= 15 is 0 Å². The first-order chi connectivity index (χ1) is 14.1. The van der Waals surface area contributed by atoms with Crippen molar-refractivity contribution in [1.29, 1.82) is 0 Å². The number of carbonyl (C=O) groups excluding carboxylic acids is 2. The summed E-state index contributed by atoms with van der Waals surface area (Å²) in [5, 5.41) is 5.97. The first-order valence-corrected chi connectivity index (χ1v) is 8.91. The number of pyridine rings is 1. The third-order valence-corrected chi connectivity index (χ3v) is 4.24. The molecule has 1 heterocycles. The van der Waals surface area contributed by atoms with Gasteiger partial charge in [0.1, 0.15) is 5.75 Å². The van der Waals surface area contributed by atoms with Crippen molar-refractivity contribution in [2.75, 3.05) is 24.9 Å². The number of methoxy groups -OCH3 is 2. The van der Waals surface area contributed by atoms with Gasteiger partial charge in [-0.15, -0.1) is 0 Å². The zero-order chi connectivity index (χ0) is 20.6. The highest BCUT2D eigenvalue weighted by Gasteiger charge is 2.14. The fourth-order valence-electron chi connectivity index (χ4n) is 2.68. The number of anilines is 2. The Balaban J connectivity index is 1.69. The number of ether oxygens (including phenoxy) is 2. The summed E-state index contributed by atoms with van der Waals surface area (Å²) in [4.78, 5) is 28.6. The van der Waals surface area contributed by atoms with E-state index in [1.165, 1.54) is 13.3 Å². The van der Waals surface area contributed by atoms with Crippen LogP contribution in [0.25, 0.3) is 0 Å². The molecule has 1 aromatic heterocycles. The molecule has 0 saturated heterocycles. The second-order valence-electron chi connectivity index (χ2n) is 6.16. The van der Waals surface area contributed by atoms with Crippen LogP contribution >= 0.6 is 0 Å². The van der Waals surface area contributed by atoms with Gasteiger partial charge in [-0.3, -0.25) is 9.78 Å². The molecule has 0 aliphatic carbocycles. The topological polar surface area (TPSA) is 89.5 Å². The Morgan fingerprint density at radius 2 is 1.76 bits per heavy atom. The highest BCUT2D eigenvalue weighted by molar-refractivity contribution is 6.08. The van der Waals surface area contributed by atoms with Gasteiger partial charge in [0.2, 0.25) is 0 Å². The van der Waals surface area contributed by atoms with Crippen LogP contribution in [-0.4, -0.2) is 31.1 Å². The number of hydrogen-bond donors (Lipinski definition) is 2. The molecule has 0 saturated carbocycles. The van der Waals surface area contributed by atoms with E-state index in [2.05, 4.69) is 15.6 Å². The number of esters is 1. The fraction of sp³-hybridized carbons (Fsp3) is 0.136. The molecule has 3 aromatic rings. The second kappa shape index (κ2) is 9.36. The number of aromatic nitrogens is 1. The molecular formula is C22H21N3O4. The van der Waals surface area contributed by atoms with Crippen LogP contribution in [0.4, 0.5) is 11.4 Å². The van der Waals surface area contributed by atoms with E-state index in [4.69, 9.17) is 9.47 Å². The quantitative estimate of drug-likeness (QED) is 0.597. The van der Waals surface area contributed by atoms with Gasteiger partial charge in [0.05, 0.1) is 36.7 Å². The van der Waals surface area contributed by atoms with Gasteiger partial charge >= 0.3 is 5.97 Å². The van der Waals surface area contributed by atoms with E-state index in [-0.39, 0.29) is 11.5 Å². The van der Waals surface area contributed by atoms with Crippen molar-refractivity contribution in [1.82, 2.24) is 4.98 Å². The molecule has 0 spiro atoms. The summed E-state index contributed by atoms with van der Waals surface area (Å²) < 4.78 is 9.90. The van der Waals surface area contributed by atoms with Crippen LogP contribution in [0, 0.1) is 0 Å². The Bertz CT molecular complexity index is 1000. The Morgan fingerprint density at radius 1 is 1.00 bits per heavy atom. The molecule has 2 N–H and O–H groups in total. The lowest BCUT2D eigenvalue weighted by Crippen LogP contribution is -2.16. The summed E-state index contributed by atoms with van der Waals surface area (Å²) in [6, 6.07) is 16.1. The molecular weight excluding hydrogens is 370 g/mol. The maximum absolute atomic E-state index is 12.6. The molecule has 0 fully saturated rings. The Morgan fingerprint density at radius 3 is 2.48 bits per heavy atom. The third-order valence-electron chi connectivity index (χ3n) is 4.24. The molecule has 0 bridgehead atoms. The summed E-state index contributed by atoms with van der Waals surface area (Å²) in [6.45, 7) is 0.571. The van der Waals surface area contributed by atoms with E-state index in [9.17, 15) is 9.59 Å². The van der Waals surface area contributed by atoms with Crippen LogP contribution in [0.1, 0.15) is 26.3 Å². The number of carbonyl (C=O) groups is 2. The third kappa shape index (κ3) is 5.10. The van der Waals surface area contributed by atoms with Gasteiger partial charge in [0.25, 0.3) is 5.91 Å². The Labute approximate surface area is 168 Å². The highest BCUT2D eigenvalue weighted by atomic mass is 16.5. The van der Waals surface area contributed by atoms with Crippen LogP contribution in [0.5, 0.6) is 5.75 Å². The summed E-state index contributed by atoms with van der Waals surface area (Å²) in [6.07, 6.45) is 3.11. The van der Waals surface area contributed by atoms with Crippen molar-refractivity contribution in [3.63, 3.8) is 0 Å². The maximum Gasteiger partial charge on any atom is 0.339 e. The summed E-state index contributed by atoms with van der Waals surface area (Å²) >= 11 is 0. The molecule has 29 heavy (non-hydrogen) atoms. The highest BCUT2D eigenvalue weighted by Crippen LogP contribution is 2.18. The molecule has 2 aromatic carbocycles. The Kier molecular flexibility index (Phi) is 6.42. The average Bonchev–Trinajstić information content (AvgIpc) is 2.78. The molecule has 1 amide bonds. The molecule has 3 rings (SSSR count). The van der Waals surface area contributed by atoms with Gasteiger partial charge in [0.15, 0.2) is 0 Å². The molecule has 0 radical (unpaired) electrons. The fourth-order valence-corrected chi connectivity index (χ4v) is 2.68. The predicted molar refractivity (Wildman–Crippen MR) is 110 cm³/mol. The van der Waals surface area contributed by atoms with Crippen molar-refractivity contribution in [3.8, 4) is 5.75 Å². The van der Waals surface area contributed by atoms with Gasteiger partial charge in [-0.2, -0.15) is 0 Å².